The molecule has 0 unspecified atom stereocenters. The van der Waals surface area contributed by atoms with Crippen molar-refractivity contribution in [3.63, 3.8) is 0 Å². The topological polar surface area (TPSA) is 63.1 Å². The zero-order valence-electron chi connectivity index (χ0n) is 14.5. The Balaban J connectivity index is 1.50. The normalized spacial score (nSPS) is 20.0. The Bertz CT molecular complexity index is 715. The van der Waals surface area contributed by atoms with E-state index in [4.69, 9.17) is 0 Å². The molecular weight excluding hydrogens is 314 g/mol. The molecule has 25 heavy (non-hydrogen) atoms. The lowest BCUT2D eigenvalue weighted by atomic mass is 9.94. The van der Waals surface area contributed by atoms with Gasteiger partial charge in [0, 0.05) is 30.7 Å². The van der Waals surface area contributed by atoms with Crippen molar-refractivity contribution in [3.05, 3.63) is 42.6 Å². The molecule has 0 aromatic carbocycles. The first-order valence-electron chi connectivity index (χ1n) is 9.25. The minimum absolute atomic E-state index is 0.187. The van der Waals surface area contributed by atoms with E-state index in [9.17, 15) is 4.79 Å². The molecule has 0 radical (unpaired) electrons. The molecule has 6 heteroatoms. The first kappa shape index (κ1) is 16.3. The Hall–Kier alpha value is -2.21. The summed E-state index contributed by atoms with van der Waals surface area (Å²) >= 11 is 0. The van der Waals surface area contributed by atoms with Crippen LogP contribution in [0.25, 0.3) is 5.82 Å². The summed E-state index contributed by atoms with van der Waals surface area (Å²) in [6, 6.07) is 3.92. The van der Waals surface area contributed by atoms with Crippen LogP contribution in [0.3, 0.4) is 0 Å². The number of hydrogen-bond donors (Lipinski definition) is 1. The van der Waals surface area contributed by atoms with Gasteiger partial charge >= 0.3 is 0 Å². The highest BCUT2D eigenvalue weighted by Gasteiger charge is 2.46. The predicted octanol–water partition coefficient (Wildman–Crippen LogP) is 2.29. The molecule has 0 atom stereocenters. The molecule has 1 aliphatic heterocycles. The van der Waals surface area contributed by atoms with Crippen LogP contribution in [-0.4, -0.2) is 44.0 Å². The van der Waals surface area contributed by atoms with Crippen molar-refractivity contribution in [1.29, 1.82) is 0 Å². The average molecular weight is 339 g/mol. The van der Waals surface area contributed by atoms with Crippen LogP contribution in [0, 0.1) is 0 Å². The lowest BCUT2D eigenvalue weighted by Gasteiger charge is -2.37. The van der Waals surface area contributed by atoms with Crippen molar-refractivity contribution in [3.8, 4) is 5.82 Å². The second-order valence-corrected chi connectivity index (χ2v) is 7.07. The molecule has 1 aliphatic carbocycles. The largest absolute Gasteiger partial charge is 0.350 e. The zero-order valence-corrected chi connectivity index (χ0v) is 14.5. The number of nitrogens with zero attached hydrogens (tertiary/aromatic N) is 4. The Morgan fingerprint density at radius 3 is 2.68 bits per heavy atom. The third-order valence-corrected chi connectivity index (χ3v) is 5.62. The summed E-state index contributed by atoms with van der Waals surface area (Å²) in [5, 5.41) is 3.21. The Labute approximate surface area is 148 Å². The molecule has 2 aromatic heterocycles. The van der Waals surface area contributed by atoms with Gasteiger partial charge in [0.05, 0.1) is 0 Å². The fraction of sp³-hybridized carbons (Fsp3) is 0.526. The van der Waals surface area contributed by atoms with Gasteiger partial charge in [0.25, 0.3) is 0 Å². The van der Waals surface area contributed by atoms with E-state index in [0.29, 0.717) is 6.54 Å². The summed E-state index contributed by atoms with van der Waals surface area (Å²) in [5.41, 5.74) is 0.719. The first-order valence-corrected chi connectivity index (χ1v) is 9.25. The van der Waals surface area contributed by atoms with E-state index >= 15 is 0 Å². The van der Waals surface area contributed by atoms with E-state index in [-0.39, 0.29) is 11.4 Å². The molecule has 1 saturated heterocycles. The molecular formula is C19H25N5O. The SMILES string of the molecule is O=C(NCc1cccnc1-n1ccnc1)C1(N2CCCC2)CCCC1. The standard InChI is InChI=1S/C19H25N5O/c25-18(19(7-1-2-8-19)24-11-3-4-12-24)22-14-16-6-5-9-21-17(16)23-13-10-20-15-23/h5-6,9-10,13,15H,1-4,7-8,11-12,14H2,(H,22,25). The number of pyridine rings is 1. The Morgan fingerprint density at radius 1 is 1.16 bits per heavy atom. The number of nitrogens with one attached hydrogen (secondary N) is 1. The molecule has 4 rings (SSSR count). The molecule has 1 saturated carbocycles. The first-order chi connectivity index (χ1) is 12.3. The maximum atomic E-state index is 13.1. The summed E-state index contributed by atoms with van der Waals surface area (Å²) in [6.07, 6.45) is 13.8. The van der Waals surface area contributed by atoms with Crippen LogP contribution in [0.15, 0.2) is 37.1 Å². The van der Waals surface area contributed by atoms with E-state index in [2.05, 4.69) is 20.2 Å². The average Bonchev–Trinajstić information content (AvgIpc) is 3.42. The molecule has 1 amide bonds. The molecule has 2 aromatic rings. The molecule has 2 aliphatic rings. The van der Waals surface area contributed by atoms with Gasteiger partial charge < -0.3 is 5.32 Å². The highest BCUT2D eigenvalue weighted by Crippen LogP contribution is 2.37. The van der Waals surface area contributed by atoms with Crippen molar-refractivity contribution in [2.75, 3.05) is 13.1 Å². The molecule has 132 valence electrons. The lowest BCUT2D eigenvalue weighted by Crippen LogP contribution is -2.56. The highest BCUT2D eigenvalue weighted by atomic mass is 16.2. The van der Waals surface area contributed by atoms with Gasteiger partial charge in [-0.15, -0.1) is 0 Å². The Kier molecular flexibility index (Phi) is 4.53. The van der Waals surface area contributed by atoms with Gasteiger partial charge in [0.2, 0.25) is 5.91 Å². The number of imidazole rings is 1. The van der Waals surface area contributed by atoms with Gasteiger partial charge in [0.15, 0.2) is 0 Å². The Morgan fingerprint density at radius 2 is 1.96 bits per heavy atom. The van der Waals surface area contributed by atoms with E-state index < -0.39 is 0 Å². The molecule has 1 N–H and O–H groups in total. The van der Waals surface area contributed by atoms with E-state index in [1.807, 2.05) is 22.9 Å². The zero-order chi connectivity index (χ0) is 17.1. The van der Waals surface area contributed by atoms with Crippen LogP contribution in [0.1, 0.15) is 44.1 Å². The third-order valence-electron chi connectivity index (χ3n) is 5.62. The summed E-state index contributed by atoms with van der Waals surface area (Å²) < 4.78 is 1.88. The maximum absolute atomic E-state index is 13.1. The minimum atomic E-state index is -0.284. The van der Waals surface area contributed by atoms with Crippen LogP contribution in [0.4, 0.5) is 0 Å². The highest BCUT2D eigenvalue weighted by molar-refractivity contribution is 5.86. The van der Waals surface area contributed by atoms with Crippen LogP contribution in [0.5, 0.6) is 0 Å². The van der Waals surface area contributed by atoms with Crippen molar-refractivity contribution < 1.29 is 4.79 Å². The minimum Gasteiger partial charge on any atom is -0.350 e. The number of rotatable bonds is 5. The summed E-state index contributed by atoms with van der Waals surface area (Å²) in [6.45, 7) is 2.61. The number of aromatic nitrogens is 3. The second kappa shape index (κ2) is 6.96. The summed E-state index contributed by atoms with van der Waals surface area (Å²) in [7, 11) is 0. The van der Waals surface area contributed by atoms with Crippen molar-refractivity contribution in [2.24, 2.45) is 0 Å². The lowest BCUT2D eigenvalue weighted by molar-refractivity contribution is -0.133. The number of carbonyl (C=O) groups is 1. The van der Waals surface area contributed by atoms with E-state index in [1.165, 1.54) is 12.8 Å². The monoisotopic (exact) mass is 339 g/mol. The predicted molar refractivity (Wildman–Crippen MR) is 95.2 cm³/mol. The van der Waals surface area contributed by atoms with Crippen LogP contribution in [0.2, 0.25) is 0 Å². The maximum Gasteiger partial charge on any atom is 0.240 e. The van der Waals surface area contributed by atoms with Gasteiger partial charge in [-0.1, -0.05) is 18.9 Å². The molecule has 6 nitrogen and oxygen atoms in total. The third kappa shape index (κ3) is 3.06. The quantitative estimate of drug-likeness (QED) is 0.908. The van der Waals surface area contributed by atoms with Crippen molar-refractivity contribution in [1.82, 2.24) is 24.8 Å². The van der Waals surface area contributed by atoms with Crippen LogP contribution in [-0.2, 0) is 11.3 Å². The van der Waals surface area contributed by atoms with Gasteiger partial charge in [-0.05, 0) is 44.8 Å². The summed E-state index contributed by atoms with van der Waals surface area (Å²) in [4.78, 5) is 24.1. The van der Waals surface area contributed by atoms with Crippen LogP contribution < -0.4 is 5.32 Å². The number of amides is 1. The fourth-order valence-corrected chi connectivity index (χ4v) is 4.32. The van der Waals surface area contributed by atoms with Gasteiger partial charge in [-0.2, -0.15) is 0 Å². The molecule has 0 bridgehead atoms. The number of carbonyl (C=O) groups excluding carboxylic acids is 1. The molecule has 3 heterocycles. The smallest absolute Gasteiger partial charge is 0.240 e. The molecule has 2 fully saturated rings. The van der Waals surface area contributed by atoms with Crippen molar-refractivity contribution >= 4 is 5.91 Å². The van der Waals surface area contributed by atoms with Gasteiger partial charge in [-0.3, -0.25) is 14.3 Å². The van der Waals surface area contributed by atoms with Crippen LogP contribution >= 0.6 is 0 Å². The molecule has 0 spiro atoms. The van der Waals surface area contributed by atoms with Gasteiger partial charge in [-0.25, -0.2) is 9.97 Å². The van der Waals surface area contributed by atoms with E-state index in [1.54, 1.807) is 18.7 Å². The van der Waals surface area contributed by atoms with E-state index in [0.717, 1.165) is 50.2 Å². The second-order valence-electron chi connectivity index (χ2n) is 7.07. The number of hydrogen-bond acceptors (Lipinski definition) is 4. The number of likely N-dealkylation sites (tertiary alicyclic amines) is 1. The van der Waals surface area contributed by atoms with Gasteiger partial charge in [0.1, 0.15) is 17.7 Å². The van der Waals surface area contributed by atoms with Crippen molar-refractivity contribution in [2.45, 2.75) is 50.6 Å². The summed E-state index contributed by atoms with van der Waals surface area (Å²) in [5.74, 6) is 1.01. The fourth-order valence-electron chi connectivity index (χ4n) is 4.32.